The summed E-state index contributed by atoms with van der Waals surface area (Å²) in [6.07, 6.45) is -4.43. The Morgan fingerprint density at radius 3 is 2.38 bits per heavy atom. The topological polar surface area (TPSA) is 50.4 Å². The van der Waals surface area contributed by atoms with E-state index in [1.807, 2.05) is 0 Å². The molecule has 0 aromatic heterocycles. The zero-order valence-corrected chi connectivity index (χ0v) is 13.4. The number of amides is 2. The molecule has 0 fully saturated rings. The zero-order valence-electron chi connectivity index (χ0n) is 13.4. The number of alkyl halides is 3. The first-order valence-corrected chi connectivity index (χ1v) is 7.41. The summed E-state index contributed by atoms with van der Waals surface area (Å²) in [5.74, 6) is 4.78. The van der Waals surface area contributed by atoms with Crippen LogP contribution in [0.3, 0.4) is 0 Å². The third kappa shape index (κ3) is 6.02. The molecule has 0 saturated carbocycles. The molecule has 0 aliphatic rings. The molecule has 2 amide bonds. The molecule has 0 atom stereocenters. The van der Waals surface area contributed by atoms with Gasteiger partial charge in [0.25, 0.3) is 0 Å². The summed E-state index contributed by atoms with van der Waals surface area (Å²) in [5.41, 5.74) is -0.587. The Bertz CT molecular complexity index is 808. The van der Waals surface area contributed by atoms with Crippen LogP contribution in [0.25, 0.3) is 0 Å². The maximum atomic E-state index is 13.3. The van der Waals surface area contributed by atoms with E-state index in [1.165, 1.54) is 18.2 Å². The van der Waals surface area contributed by atoms with Gasteiger partial charge in [0.2, 0.25) is 0 Å². The van der Waals surface area contributed by atoms with E-state index in [9.17, 15) is 22.4 Å². The molecule has 0 aliphatic carbocycles. The van der Waals surface area contributed by atoms with Crippen LogP contribution in [0, 0.1) is 17.7 Å². The van der Waals surface area contributed by atoms with E-state index in [0.29, 0.717) is 0 Å². The lowest BCUT2D eigenvalue weighted by molar-refractivity contribution is -0.137. The third-order valence-corrected chi connectivity index (χ3v) is 3.07. The number of urea groups is 1. The molecule has 2 aromatic carbocycles. The van der Waals surface area contributed by atoms with Gasteiger partial charge in [-0.2, -0.15) is 13.2 Å². The van der Waals surface area contributed by atoms with Crippen molar-refractivity contribution in [1.29, 1.82) is 0 Å². The zero-order chi connectivity index (χ0) is 19.0. The van der Waals surface area contributed by atoms with Crippen LogP contribution >= 0.6 is 0 Å². The molecule has 0 radical (unpaired) electrons. The Balaban J connectivity index is 1.72. The molecular weight excluding hydrogens is 352 g/mol. The third-order valence-electron chi connectivity index (χ3n) is 3.07. The van der Waals surface area contributed by atoms with E-state index in [-0.39, 0.29) is 24.6 Å². The maximum absolute atomic E-state index is 13.3. The first-order valence-electron chi connectivity index (χ1n) is 7.41. The van der Waals surface area contributed by atoms with Crippen LogP contribution in [0.4, 0.5) is 28.0 Å². The number of hydrogen-bond donors (Lipinski definition) is 2. The average Bonchev–Trinajstić information content (AvgIpc) is 2.59. The predicted octanol–water partition coefficient (Wildman–Crippen LogP) is 4.05. The molecule has 0 saturated heterocycles. The summed E-state index contributed by atoms with van der Waals surface area (Å²) in [5, 5.41) is 4.79. The number of ether oxygens (including phenoxy) is 1. The second kappa shape index (κ2) is 8.76. The van der Waals surface area contributed by atoms with Crippen molar-refractivity contribution in [2.24, 2.45) is 0 Å². The molecule has 2 aromatic rings. The van der Waals surface area contributed by atoms with Crippen LogP contribution in [0.2, 0.25) is 0 Å². The number of halogens is 4. The molecule has 8 heteroatoms. The Morgan fingerprint density at radius 2 is 1.73 bits per heavy atom. The molecule has 0 bridgehead atoms. The Kier molecular flexibility index (Phi) is 6.44. The normalized spacial score (nSPS) is 10.5. The Hall–Kier alpha value is -3.21. The standard InChI is InChI=1S/C18H14F4N2O2/c19-15-5-1-2-6-16(15)26-12-4-3-11-23-17(25)24-14-9-7-13(8-10-14)18(20,21)22/h1-2,5-10H,11-12H2,(H2,23,24,25). The molecule has 0 unspecified atom stereocenters. The van der Waals surface area contributed by atoms with Gasteiger partial charge < -0.3 is 15.4 Å². The number of carbonyl (C=O) groups is 1. The lowest BCUT2D eigenvalue weighted by atomic mass is 10.2. The predicted molar refractivity (Wildman–Crippen MR) is 88.1 cm³/mol. The van der Waals surface area contributed by atoms with E-state index in [0.717, 1.165) is 24.3 Å². The van der Waals surface area contributed by atoms with Gasteiger partial charge in [-0.25, -0.2) is 9.18 Å². The van der Waals surface area contributed by atoms with Crippen LogP contribution in [0.5, 0.6) is 5.75 Å². The summed E-state index contributed by atoms with van der Waals surface area (Å²) in [6.45, 7) is -0.0593. The van der Waals surface area contributed by atoms with Gasteiger partial charge in [0.1, 0.15) is 6.61 Å². The second-order valence-electron chi connectivity index (χ2n) is 4.96. The minimum atomic E-state index is -4.43. The summed E-state index contributed by atoms with van der Waals surface area (Å²) in [4.78, 5) is 11.6. The van der Waals surface area contributed by atoms with Crippen molar-refractivity contribution in [3.8, 4) is 17.6 Å². The van der Waals surface area contributed by atoms with Crippen molar-refractivity contribution >= 4 is 11.7 Å². The Labute approximate surface area is 147 Å². The van der Waals surface area contributed by atoms with Crippen molar-refractivity contribution in [2.75, 3.05) is 18.5 Å². The molecule has 0 spiro atoms. The summed E-state index contributed by atoms with van der Waals surface area (Å²) in [6, 6.07) is 9.31. The number of anilines is 1. The van der Waals surface area contributed by atoms with E-state index in [1.54, 1.807) is 6.07 Å². The molecule has 4 nitrogen and oxygen atoms in total. The van der Waals surface area contributed by atoms with E-state index in [4.69, 9.17) is 4.74 Å². The van der Waals surface area contributed by atoms with Crippen molar-refractivity contribution < 1.29 is 27.1 Å². The highest BCUT2D eigenvalue weighted by Crippen LogP contribution is 2.29. The van der Waals surface area contributed by atoms with Crippen LogP contribution in [-0.4, -0.2) is 19.2 Å². The molecule has 0 aliphatic heterocycles. The van der Waals surface area contributed by atoms with Gasteiger partial charge in [-0.3, -0.25) is 0 Å². The molecule has 136 valence electrons. The van der Waals surface area contributed by atoms with Gasteiger partial charge in [0.15, 0.2) is 11.6 Å². The SMILES string of the molecule is O=C(NCC#CCOc1ccccc1F)Nc1ccc(C(F)(F)F)cc1. The number of rotatable bonds is 4. The first-order chi connectivity index (χ1) is 12.4. The largest absolute Gasteiger partial charge is 0.478 e. The molecular formula is C18H14F4N2O2. The highest BCUT2D eigenvalue weighted by Gasteiger charge is 2.29. The van der Waals surface area contributed by atoms with Crippen molar-refractivity contribution in [2.45, 2.75) is 6.18 Å². The fourth-order valence-electron chi connectivity index (χ4n) is 1.83. The van der Waals surface area contributed by atoms with Gasteiger partial charge in [0, 0.05) is 5.69 Å². The van der Waals surface area contributed by atoms with Crippen molar-refractivity contribution in [3.05, 3.63) is 59.9 Å². The number of para-hydroxylation sites is 1. The highest BCUT2D eigenvalue weighted by molar-refractivity contribution is 5.89. The van der Waals surface area contributed by atoms with E-state index < -0.39 is 23.6 Å². The van der Waals surface area contributed by atoms with Crippen molar-refractivity contribution in [3.63, 3.8) is 0 Å². The van der Waals surface area contributed by atoms with Gasteiger partial charge >= 0.3 is 12.2 Å². The molecule has 0 heterocycles. The average molecular weight is 366 g/mol. The number of carbonyl (C=O) groups excluding carboxylic acids is 1. The highest BCUT2D eigenvalue weighted by atomic mass is 19.4. The second-order valence-corrected chi connectivity index (χ2v) is 4.96. The van der Waals surface area contributed by atoms with Gasteiger partial charge in [0.05, 0.1) is 12.1 Å². The van der Waals surface area contributed by atoms with E-state index >= 15 is 0 Å². The fraction of sp³-hybridized carbons (Fsp3) is 0.167. The smallest absolute Gasteiger partial charge is 0.416 e. The number of nitrogens with one attached hydrogen (secondary N) is 2. The van der Waals surface area contributed by atoms with Crippen LogP contribution in [-0.2, 0) is 6.18 Å². The maximum Gasteiger partial charge on any atom is 0.416 e. The van der Waals surface area contributed by atoms with Gasteiger partial charge in [-0.1, -0.05) is 24.0 Å². The van der Waals surface area contributed by atoms with Crippen LogP contribution in [0.1, 0.15) is 5.56 Å². The van der Waals surface area contributed by atoms with Crippen molar-refractivity contribution in [1.82, 2.24) is 5.32 Å². The van der Waals surface area contributed by atoms with E-state index in [2.05, 4.69) is 22.5 Å². The minimum Gasteiger partial charge on any atom is -0.478 e. The summed E-state index contributed by atoms with van der Waals surface area (Å²) in [7, 11) is 0. The van der Waals surface area contributed by atoms with Crippen LogP contribution in [0.15, 0.2) is 48.5 Å². The number of benzene rings is 2. The first kappa shape index (κ1) is 19.1. The molecule has 26 heavy (non-hydrogen) atoms. The van der Waals surface area contributed by atoms with Crippen LogP contribution < -0.4 is 15.4 Å². The lowest BCUT2D eigenvalue weighted by Crippen LogP contribution is -2.29. The Morgan fingerprint density at radius 1 is 1.04 bits per heavy atom. The lowest BCUT2D eigenvalue weighted by Gasteiger charge is -2.08. The quantitative estimate of drug-likeness (QED) is 0.634. The molecule has 2 rings (SSSR count). The van der Waals surface area contributed by atoms with Gasteiger partial charge in [-0.15, -0.1) is 0 Å². The summed E-state index contributed by atoms with van der Waals surface area (Å²) < 4.78 is 55.7. The monoisotopic (exact) mass is 366 g/mol. The number of hydrogen-bond acceptors (Lipinski definition) is 2. The molecule has 2 N–H and O–H groups in total. The summed E-state index contributed by atoms with van der Waals surface area (Å²) >= 11 is 0. The fourth-order valence-corrected chi connectivity index (χ4v) is 1.83. The van der Waals surface area contributed by atoms with Gasteiger partial charge in [-0.05, 0) is 36.4 Å². The minimum absolute atomic E-state index is 0.00685.